The van der Waals surface area contributed by atoms with Gasteiger partial charge >= 0.3 is 5.97 Å². The number of aliphatic imine (C=N–C) groups is 1. The Labute approximate surface area is 145 Å². The van der Waals surface area contributed by atoms with Crippen LogP contribution in [0.1, 0.15) is 12.0 Å². The molecular weight excluding hydrogens is 344 g/mol. The van der Waals surface area contributed by atoms with E-state index >= 15 is 0 Å². The lowest BCUT2D eigenvalue weighted by Crippen LogP contribution is -2.18. The molecule has 0 unspecified atom stereocenters. The Morgan fingerprint density at radius 2 is 1.76 bits per heavy atom. The summed E-state index contributed by atoms with van der Waals surface area (Å²) in [7, 11) is -3.66. The van der Waals surface area contributed by atoms with Crippen LogP contribution in [0.2, 0.25) is 0 Å². The topological polar surface area (TPSA) is 113 Å². The lowest BCUT2D eigenvalue weighted by atomic mass is 10.1. The molecule has 8 heteroatoms. The second kappa shape index (κ2) is 8.23. The zero-order valence-electron chi connectivity index (χ0n) is 13.1. The number of carboxylic acid groups (broad SMARTS) is 1. The SMILES string of the molecule is O=C=N[C@H](CCc1ccc(NS(=O)(=O)c2ccccc2)cc1)C(=O)O. The van der Waals surface area contributed by atoms with Gasteiger partial charge in [0, 0.05) is 5.69 Å². The highest BCUT2D eigenvalue weighted by molar-refractivity contribution is 7.92. The molecule has 2 rings (SSSR count). The predicted molar refractivity (Wildman–Crippen MR) is 91.6 cm³/mol. The minimum absolute atomic E-state index is 0.152. The largest absolute Gasteiger partial charge is 0.480 e. The zero-order chi connectivity index (χ0) is 18.3. The second-order valence-corrected chi connectivity index (χ2v) is 6.91. The minimum atomic E-state index is -3.66. The molecule has 0 aliphatic carbocycles. The van der Waals surface area contributed by atoms with E-state index in [1.54, 1.807) is 42.5 Å². The van der Waals surface area contributed by atoms with E-state index in [0.717, 1.165) is 5.56 Å². The first kappa shape index (κ1) is 18.4. The van der Waals surface area contributed by atoms with Crippen molar-refractivity contribution >= 4 is 27.8 Å². The minimum Gasteiger partial charge on any atom is -0.480 e. The normalized spacial score (nSPS) is 12.0. The molecule has 0 aliphatic rings. The molecule has 0 aliphatic heterocycles. The number of rotatable bonds is 8. The van der Waals surface area contributed by atoms with Gasteiger partial charge in [-0.05, 0) is 42.7 Å². The van der Waals surface area contributed by atoms with Crippen LogP contribution in [0.4, 0.5) is 5.69 Å². The van der Waals surface area contributed by atoms with Crippen LogP contribution < -0.4 is 4.72 Å². The lowest BCUT2D eigenvalue weighted by molar-refractivity contribution is -0.138. The van der Waals surface area contributed by atoms with E-state index in [4.69, 9.17) is 5.11 Å². The third-order valence-electron chi connectivity index (χ3n) is 3.46. The third kappa shape index (κ3) is 5.27. The Morgan fingerprint density at radius 3 is 2.32 bits per heavy atom. The van der Waals surface area contributed by atoms with Crippen molar-refractivity contribution < 1.29 is 23.1 Å². The zero-order valence-corrected chi connectivity index (χ0v) is 13.9. The number of aliphatic carboxylic acids is 1. The molecule has 0 saturated heterocycles. The molecule has 0 radical (unpaired) electrons. The van der Waals surface area contributed by atoms with Gasteiger partial charge in [-0.15, -0.1) is 0 Å². The molecule has 1 atom stereocenters. The van der Waals surface area contributed by atoms with Gasteiger partial charge < -0.3 is 5.11 Å². The average molecular weight is 360 g/mol. The summed E-state index contributed by atoms with van der Waals surface area (Å²) in [6.07, 6.45) is 1.79. The lowest BCUT2D eigenvalue weighted by Gasteiger charge is -2.09. The highest BCUT2D eigenvalue weighted by atomic mass is 32.2. The highest BCUT2D eigenvalue weighted by Gasteiger charge is 2.16. The number of aryl methyl sites for hydroxylation is 1. The Balaban J connectivity index is 2.03. The number of hydrogen-bond acceptors (Lipinski definition) is 5. The Kier molecular flexibility index (Phi) is 6.05. The number of hydrogen-bond donors (Lipinski definition) is 2. The van der Waals surface area contributed by atoms with Gasteiger partial charge in [0.15, 0.2) is 6.04 Å². The number of benzene rings is 2. The summed E-state index contributed by atoms with van der Waals surface area (Å²) >= 11 is 0. The van der Waals surface area contributed by atoms with Crippen molar-refractivity contribution in [1.29, 1.82) is 0 Å². The molecule has 130 valence electrons. The Bertz CT molecular complexity index is 871. The third-order valence-corrected chi connectivity index (χ3v) is 4.86. The second-order valence-electron chi connectivity index (χ2n) is 5.23. The Hall–Kier alpha value is -2.96. The number of sulfonamides is 1. The molecule has 0 fully saturated rings. The van der Waals surface area contributed by atoms with Crippen LogP contribution in [0.15, 0.2) is 64.5 Å². The van der Waals surface area contributed by atoms with E-state index in [1.165, 1.54) is 18.2 Å². The molecule has 0 amide bonds. The van der Waals surface area contributed by atoms with Gasteiger partial charge in [-0.2, -0.15) is 4.99 Å². The maximum atomic E-state index is 12.2. The maximum absolute atomic E-state index is 12.2. The summed E-state index contributed by atoms with van der Waals surface area (Å²) < 4.78 is 26.9. The summed E-state index contributed by atoms with van der Waals surface area (Å²) in [4.78, 5) is 24.5. The van der Waals surface area contributed by atoms with Crippen LogP contribution in [0.5, 0.6) is 0 Å². The molecule has 2 N–H and O–H groups in total. The first-order valence-corrected chi connectivity index (χ1v) is 8.87. The van der Waals surface area contributed by atoms with Crippen molar-refractivity contribution in [2.75, 3.05) is 4.72 Å². The summed E-state index contributed by atoms with van der Waals surface area (Å²) in [5, 5.41) is 8.91. The average Bonchev–Trinajstić information content (AvgIpc) is 2.60. The first-order valence-electron chi connectivity index (χ1n) is 7.39. The van der Waals surface area contributed by atoms with Gasteiger partial charge in [-0.1, -0.05) is 30.3 Å². The molecule has 0 aromatic heterocycles. The van der Waals surface area contributed by atoms with Crippen molar-refractivity contribution in [3.8, 4) is 0 Å². The van der Waals surface area contributed by atoms with Gasteiger partial charge in [0.2, 0.25) is 6.08 Å². The van der Waals surface area contributed by atoms with E-state index < -0.39 is 22.0 Å². The number of anilines is 1. The standard InChI is InChI=1S/C17H16N2O5S/c20-12-18-16(17(21)22)11-8-13-6-9-14(10-7-13)19-25(23,24)15-4-2-1-3-5-15/h1-7,9-10,16,19H,8,11H2,(H,21,22)/t16-/m1/s1. The molecule has 2 aromatic rings. The van der Waals surface area contributed by atoms with Gasteiger partial charge in [-0.3, -0.25) is 4.72 Å². The molecule has 25 heavy (non-hydrogen) atoms. The van der Waals surface area contributed by atoms with Gasteiger partial charge in [0.1, 0.15) is 0 Å². The van der Waals surface area contributed by atoms with Crippen molar-refractivity contribution in [3.63, 3.8) is 0 Å². The highest BCUT2D eigenvalue weighted by Crippen LogP contribution is 2.17. The number of nitrogens with zero attached hydrogens (tertiary/aromatic N) is 1. The van der Waals surface area contributed by atoms with E-state index in [2.05, 4.69) is 9.71 Å². The molecule has 0 saturated carbocycles. The molecule has 2 aromatic carbocycles. The van der Waals surface area contributed by atoms with E-state index in [9.17, 15) is 18.0 Å². The fourth-order valence-corrected chi connectivity index (χ4v) is 3.24. The fourth-order valence-electron chi connectivity index (χ4n) is 2.16. The van der Waals surface area contributed by atoms with Crippen molar-refractivity contribution in [1.82, 2.24) is 0 Å². The number of carboxylic acids is 1. The first-order chi connectivity index (χ1) is 11.9. The fraction of sp³-hybridized carbons (Fsp3) is 0.176. The molecule has 0 bridgehead atoms. The summed E-state index contributed by atoms with van der Waals surface area (Å²) in [5.41, 5.74) is 1.20. The van der Waals surface area contributed by atoms with E-state index in [1.807, 2.05) is 0 Å². The number of nitrogens with one attached hydrogen (secondary N) is 1. The van der Waals surface area contributed by atoms with Crippen LogP contribution in [0, 0.1) is 0 Å². The van der Waals surface area contributed by atoms with Crippen LogP contribution in [-0.4, -0.2) is 31.6 Å². The quantitative estimate of drug-likeness (QED) is 0.553. The number of carbonyl (C=O) groups excluding carboxylic acids is 1. The molecule has 7 nitrogen and oxygen atoms in total. The summed E-state index contributed by atoms with van der Waals surface area (Å²) in [6, 6.07) is 13.4. The monoisotopic (exact) mass is 360 g/mol. The molecular formula is C17H16N2O5S. The number of isocyanates is 1. The summed E-state index contributed by atoms with van der Waals surface area (Å²) in [6.45, 7) is 0. The number of carbonyl (C=O) groups is 1. The van der Waals surface area contributed by atoms with Crippen LogP contribution in [0.25, 0.3) is 0 Å². The maximum Gasteiger partial charge on any atom is 0.329 e. The van der Waals surface area contributed by atoms with Gasteiger partial charge in [0.05, 0.1) is 4.90 Å². The van der Waals surface area contributed by atoms with Gasteiger partial charge in [0.25, 0.3) is 10.0 Å². The van der Waals surface area contributed by atoms with Crippen LogP contribution in [-0.2, 0) is 26.0 Å². The van der Waals surface area contributed by atoms with Crippen molar-refractivity contribution in [2.24, 2.45) is 4.99 Å². The van der Waals surface area contributed by atoms with Crippen molar-refractivity contribution in [2.45, 2.75) is 23.8 Å². The molecule has 0 spiro atoms. The summed E-state index contributed by atoms with van der Waals surface area (Å²) in [5.74, 6) is -1.18. The van der Waals surface area contributed by atoms with Gasteiger partial charge in [-0.25, -0.2) is 18.0 Å². The van der Waals surface area contributed by atoms with Crippen LogP contribution >= 0.6 is 0 Å². The van der Waals surface area contributed by atoms with E-state index in [0.29, 0.717) is 12.1 Å². The molecule has 0 heterocycles. The van der Waals surface area contributed by atoms with E-state index in [-0.39, 0.29) is 11.3 Å². The van der Waals surface area contributed by atoms with Crippen LogP contribution in [0.3, 0.4) is 0 Å². The Morgan fingerprint density at radius 1 is 1.12 bits per heavy atom. The smallest absolute Gasteiger partial charge is 0.329 e. The van der Waals surface area contributed by atoms with Crippen molar-refractivity contribution in [3.05, 3.63) is 60.2 Å². The predicted octanol–water partition coefficient (Wildman–Crippen LogP) is 2.21.